The molecule has 0 bridgehead atoms. The molecule has 0 heterocycles. The molecule has 0 N–H and O–H groups in total. The highest BCUT2D eigenvalue weighted by atomic mass is 16.5. The number of ketones is 1. The van der Waals surface area contributed by atoms with Gasteiger partial charge in [-0.2, -0.15) is 0 Å². The van der Waals surface area contributed by atoms with Gasteiger partial charge in [0, 0.05) is 13.3 Å². The first-order valence-electron chi connectivity index (χ1n) is 6.31. The maximum Gasteiger partial charge on any atom is 0.302 e. The molecule has 1 aliphatic carbocycles. The molecule has 0 unspecified atom stereocenters. The minimum absolute atomic E-state index is 0.000708. The Labute approximate surface area is 109 Å². The third-order valence-electron chi connectivity index (χ3n) is 3.09. The lowest BCUT2D eigenvalue weighted by Gasteiger charge is -2.25. The molecule has 0 fully saturated rings. The molecule has 1 aliphatic rings. The van der Waals surface area contributed by atoms with Crippen molar-refractivity contribution in [1.82, 2.24) is 0 Å². The molecule has 0 amide bonds. The Bertz CT molecular complexity index is 400. The highest BCUT2D eigenvalue weighted by Crippen LogP contribution is 2.32. The zero-order chi connectivity index (χ0) is 13.8. The first kappa shape index (κ1) is 14.7. The van der Waals surface area contributed by atoms with E-state index in [0.717, 1.165) is 12.0 Å². The Morgan fingerprint density at radius 3 is 2.78 bits per heavy atom. The van der Waals surface area contributed by atoms with Gasteiger partial charge in [-0.1, -0.05) is 25.5 Å². The summed E-state index contributed by atoms with van der Waals surface area (Å²) in [6.07, 6.45) is 6.08. The summed E-state index contributed by atoms with van der Waals surface area (Å²) in [4.78, 5) is 22.9. The predicted molar refractivity (Wildman–Crippen MR) is 71.1 cm³/mol. The normalized spacial score (nSPS) is 25.0. The van der Waals surface area contributed by atoms with Crippen molar-refractivity contribution >= 4 is 11.8 Å². The molecular weight excluding hydrogens is 228 g/mol. The van der Waals surface area contributed by atoms with E-state index in [1.54, 1.807) is 6.08 Å². The Morgan fingerprint density at radius 1 is 1.50 bits per heavy atom. The second-order valence-corrected chi connectivity index (χ2v) is 5.73. The van der Waals surface area contributed by atoms with Crippen molar-refractivity contribution in [2.75, 3.05) is 6.61 Å². The summed E-state index contributed by atoms with van der Waals surface area (Å²) in [6.45, 7) is 7.79. The smallest absolute Gasteiger partial charge is 0.302 e. The number of rotatable bonds is 2. The van der Waals surface area contributed by atoms with Crippen LogP contribution in [0.5, 0.6) is 0 Å². The number of allylic oxidation sites excluding steroid dienone is 3. The highest BCUT2D eigenvalue weighted by molar-refractivity contribution is 5.96. The largest absolute Gasteiger partial charge is 0.462 e. The minimum Gasteiger partial charge on any atom is -0.462 e. The molecule has 0 aromatic heterocycles. The van der Waals surface area contributed by atoms with Crippen molar-refractivity contribution in [2.24, 2.45) is 5.41 Å². The molecule has 18 heavy (non-hydrogen) atoms. The molecule has 0 radical (unpaired) electrons. The molecule has 0 aromatic rings. The van der Waals surface area contributed by atoms with Crippen LogP contribution in [-0.4, -0.2) is 18.4 Å². The second kappa shape index (κ2) is 5.98. The summed E-state index contributed by atoms with van der Waals surface area (Å²) < 4.78 is 4.87. The molecule has 0 saturated carbocycles. The number of hydrogen-bond acceptors (Lipinski definition) is 3. The fourth-order valence-corrected chi connectivity index (χ4v) is 1.99. The summed E-state index contributed by atoms with van der Waals surface area (Å²) in [7, 11) is 0. The van der Waals surface area contributed by atoms with Crippen molar-refractivity contribution in [3.8, 4) is 0 Å². The fraction of sp³-hybridized carbons (Fsp3) is 0.600. The van der Waals surface area contributed by atoms with Crippen LogP contribution in [0.3, 0.4) is 0 Å². The van der Waals surface area contributed by atoms with E-state index in [9.17, 15) is 9.59 Å². The average Bonchev–Trinajstić information content (AvgIpc) is 2.23. The Morgan fingerprint density at radius 2 is 2.17 bits per heavy atom. The van der Waals surface area contributed by atoms with E-state index in [1.165, 1.54) is 12.5 Å². The third-order valence-corrected chi connectivity index (χ3v) is 3.09. The van der Waals surface area contributed by atoms with Crippen molar-refractivity contribution in [2.45, 2.75) is 47.0 Å². The maximum absolute atomic E-state index is 12.2. The molecule has 3 heteroatoms. The Balaban J connectivity index is 2.83. The van der Waals surface area contributed by atoms with E-state index in [0.29, 0.717) is 12.8 Å². The fourth-order valence-electron chi connectivity index (χ4n) is 1.99. The van der Waals surface area contributed by atoms with Gasteiger partial charge in [-0.3, -0.25) is 9.59 Å². The quantitative estimate of drug-likeness (QED) is 0.429. The average molecular weight is 250 g/mol. The summed E-state index contributed by atoms with van der Waals surface area (Å²) >= 11 is 0. The van der Waals surface area contributed by atoms with Crippen LogP contribution in [0.25, 0.3) is 0 Å². The molecule has 0 aliphatic heterocycles. The first-order chi connectivity index (χ1) is 8.30. The van der Waals surface area contributed by atoms with E-state index in [-0.39, 0.29) is 23.8 Å². The van der Waals surface area contributed by atoms with Crippen LogP contribution in [0, 0.1) is 5.41 Å². The zero-order valence-electron chi connectivity index (χ0n) is 11.7. The zero-order valence-corrected chi connectivity index (χ0v) is 11.7. The minimum atomic E-state index is -0.322. The van der Waals surface area contributed by atoms with Crippen molar-refractivity contribution in [3.05, 3.63) is 23.3 Å². The molecule has 0 aromatic carbocycles. The topological polar surface area (TPSA) is 43.4 Å². The van der Waals surface area contributed by atoms with Gasteiger partial charge >= 0.3 is 5.97 Å². The molecule has 100 valence electrons. The van der Waals surface area contributed by atoms with Gasteiger partial charge in [-0.05, 0) is 36.8 Å². The molecular formula is C15H22O3. The lowest BCUT2D eigenvalue weighted by molar-refractivity contribution is -0.139. The van der Waals surface area contributed by atoms with Crippen LogP contribution in [0.1, 0.15) is 47.0 Å². The first-order valence-corrected chi connectivity index (χ1v) is 6.31. The van der Waals surface area contributed by atoms with Gasteiger partial charge in [0.2, 0.25) is 0 Å². The summed E-state index contributed by atoms with van der Waals surface area (Å²) in [6, 6.07) is 0. The van der Waals surface area contributed by atoms with Crippen molar-refractivity contribution in [3.63, 3.8) is 0 Å². The van der Waals surface area contributed by atoms with Gasteiger partial charge < -0.3 is 4.74 Å². The van der Waals surface area contributed by atoms with Crippen LogP contribution in [0.4, 0.5) is 0 Å². The number of hydrogen-bond donors (Lipinski definition) is 0. The van der Waals surface area contributed by atoms with Gasteiger partial charge in [-0.25, -0.2) is 0 Å². The number of ether oxygens (including phenoxy) is 1. The van der Waals surface area contributed by atoms with E-state index >= 15 is 0 Å². The van der Waals surface area contributed by atoms with Gasteiger partial charge in [0.1, 0.15) is 6.61 Å². The number of carbonyl (C=O) groups excluding carboxylic acids is 2. The Hall–Kier alpha value is -1.38. The van der Waals surface area contributed by atoms with E-state index in [1.807, 2.05) is 6.92 Å². The van der Waals surface area contributed by atoms with Crippen LogP contribution in [0.2, 0.25) is 0 Å². The SMILES string of the molecule is CC(=O)OC/C=C1/C/C(C)=C/CC(C)(C)CC1=O. The van der Waals surface area contributed by atoms with Crippen LogP contribution >= 0.6 is 0 Å². The number of esters is 1. The van der Waals surface area contributed by atoms with Crippen molar-refractivity contribution in [1.29, 1.82) is 0 Å². The van der Waals surface area contributed by atoms with Crippen LogP contribution in [0.15, 0.2) is 23.3 Å². The lowest BCUT2D eigenvalue weighted by atomic mass is 9.79. The van der Waals surface area contributed by atoms with Gasteiger partial charge in [-0.15, -0.1) is 0 Å². The third kappa shape index (κ3) is 4.86. The summed E-state index contributed by atoms with van der Waals surface area (Å²) in [5, 5.41) is 0. The monoisotopic (exact) mass is 250 g/mol. The molecule has 0 spiro atoms. The Kier molecular flexibility index (Phi) is 4.88. The van der Waals surface area contributed by atoms with Crippen LogP contribution < -0.4 is 0 Å². The maximum atomic E-state index is 12.2. The van der Waals surface area contributed by atoms with Crippen LogP contribution in [-0.2, 0) is 14.3 Å². The molecule has 0 atom stereocenters. The molecule has 1 rings (SSSR count). The second-order valence-electron chi connectivity index (χ2n) is 5.73. The highest BCUT2D eigenvalue weighted by Gasteiger charge is 2.25. The number of carbonyl (C=O) groups is 2. The van der Waals surface area contributed by atoms with E-state index in [4.69, 9.17) is 4.74 Å². The standard InChI is InChI=1S/C15H22O3/c1-11-5-7-15(3,4)10-14(17)13(9-11)6-8-18-12(2)16/h5-6H,7-10H2,1-4H3/b11-5+,13-6-. The molecule has 0 saturated heterocycles. The van der Waals surface area contributed by atoms with Crippen molar-refractivity contribution < 1.29 is 14.3 Å². The van der Waals surface area contributed by atoms with E-state index < -0.39 is 0 Å². The predicted octanol–water partition coefficient (Wildman–Crippen LogP) is 3.20. The summed E-state index contributed by atoms with van der Waals surface area (Å²) in [5.74, 6) is -0.155. The lowest BCUT2D eigenvalue weighted by Crippen LogP contribution is -2.20. The molecule has 3 nitrogen and oxygen atoms in total. The van der Waals surface area contributed by atoms with Gasteiger partial charge in [0.15, 0.2) is 5.78 Å². The van der Waals surface area contributed by atoms with Gasteiger partial charge in [0.25, 0.3) is 0 Å². The summed E-state index contributed by atoms with van der Waals surface area (Å²) in [5.41, 5.74) is 1.96. The number of Topliss-reactive ketones (excluding diaryl/α,β-unsaturated/α-hetero) is 1. The van der Waals surface area contributed by atoms with Gasteiger partial charge in [0.05, 0.1) is 0 Å². The van der Waals surface area contributed by atoms with E-state index in [2.05, 4.69) is 19.9 Å².